The van der Waals surface area contributed by atoms with Crippen LogP contribution in [-0.2, 0) is 16.0 Å². The van der Waals surface area contributed by atoms with Gasteiger partial charge in [0.1, 0.15) is 6.61 Å². The van der Waals surface area contributed by atoms with Crippen molar-refractivity contribution in [1.29, 1.82) is 0 Å². The third-order valence-electron chi connectivity index (χ3n) is 2.52. The summed E-state index contributed by atoms with van der Waals surface area (Å²) >= 11 is 0. The van der Waals surface area contributed by atoms with Crippen molar-refractivity contribution in [3.63, 3.8) is 0 Å². The Balaban J connectivity index is 2.53. The number of methoxy groups -OCH3 is 1. The fourth-order valence-electron chi connectivity index (χ4n) is 1.60. The number of nitrogens with one attached hydrogen (secondary N) is 1. The van der Waals surface area contributed by atoms with Crippen molar-refractivity contribution in [2.45, 2.75) is 6.54 Å². The number of hydrogen-bond donors (Lipinski definition) is 1. The van der Waals surface area contributed by atoms with Crippen molar-refractivity contribution >= 4 is 5.69 Å². The zero-order chi connectivity index (χ0) is 14.8. The first kappa shape index (κ1) is 16.4. The van der Waals surface area contributed by atoms with Crippen molar-refractivity contribution in [2.75, 3.05) is 40.6 Å². The van der Waals surface area contributed by atoms with Gasteiger partial charge < -0.3 is 19.5 Å². The van der Waals surface area contributed by atoms with Crippen molar-refractivity contribution in [1.82, 2.24) is 5.32 Å². The SMILES string of the molecule is CNCc1ccc(OCCOCCOC)c([N+](=O)[O-])c1. The molecule has 112 valence electrons. The summed E-state index contributed by atoms with van der Waals surface area (Å²) in [4.78, 5) is 10.6. The fourth-order valence-corrected chi connectivity index (χ4v) is 1.60. The zero-order valence-electron chi connectivity index (χ0n) is 11.8. The maximum atomic E-state index is 11.0. The standard InChI is InChI=1S/C13H20N2O5/c1-14-10-11-3-4-13(12(9-11)15(16)17)20-8-7-19-6-5-18-2/h3-4,9,14H,5-8,10H2,1-2H3. The molecule has 20 heavy (non-hydrogen) atoms. The van der Waals surface area contributed by atoms with Crippen molar-refractivity contribution < 1.29 is 19.1 Å². The molecule has 7 nitrogen and oxygen atoms in total. The number of ether oxygens (including phenoxy) is 3. The average Bonchev–Trinajstić information content (AvgIpc) is 2.44. The van der Waals surface area contributed by atoms with E-state index in [1.54, 1.807) is 26.3 Å². The van der Waals surface area contributed by atoms with Gasteiger partial charge in [0.15, 0.2) is 5.75 Å². The Kier molecular flexibility index (Phi) is 7.56. The molecule has 0 aliphatic rings. The highest BCUT2D eigenvalue weighted by atomic mass is 16.6. The number of nitro groups is 1. The molecule has 0 aliphatic heterocycles. The number of hydrogen-bond acceptors (Lipinski definition) is 6. The third kappa shape index (κ3) is 5.52. The van der Waals surface area contributed by atoms with Gasteiger partial charge in [-0.05, 0) is 18.7 Å². The summed E-state index contributed by atoms with van der Waals surface area (Å²) in [5.74, 6) is 0.255. The van der Waals surface area contributed by atoms with Crippen molar-refractivity contribution in [3.8, 4) is 5.75 Å². The first-order valence-electron chi connectivity index (χ1n) is 6.30. The maximum Gasteiger partial charge on any atom is 0.311 e. The highest BCUT2D eigenvalue weighted by Crippen LogP contribution is 2.27. The van der Waals surface area contributed by atoms with Crippen LogP contribution in [0.15, 0.2) is 18.2 Å². The lowest BCUT2D eigenvalue weighted by molar-refractivity contribution is -0.386. The van der Waals surface area contributed by atoms with Gasteiger partial charge >= 0.3 is 5.69 Å². The highest BCUT2D eigenvalue weighted by molar-refractivity contribution is 5.48. The van der Waals surface area contributed by atoms with Gasteiger partial charge in [0.05, 0.1) is 24.7 Å². The molecular weight excluding hydrogens is 264 g/mol. The van der Waals surface area contributed by atoms with Gasteiger partial charge in [-0.2, -0.15) is 0 Å². The Bertz CT molecular complexity index is 425. The molecule has 1 rings (SSSR count). The molecule has 1 aromatic carbocycles. The highest BCUT2D eigenvalue weighted by Gasteiger charge is 2.15. The van der Waals surface area contributed by atoms with Gasteiger partial charge in [-0.15, -0.1) is 0 Å². The molecule has 0 unspecified atom stereocenters. The second-order valence-corrected chi connectivity index (χ2v) is 4.04. The second kappa shape index (κ2) is 9.24. The smallest absolute Gasteiger partial charge is 0.311 e. The van der Waals surface area contributed by atoms with Gasteiger partial charge in [-0.1, -0.05) is 6.07 Å². The molecule has 0 atom stereocenters. The number of benzene rings is 1. The van der Waals surface area contributed by atoms with Crippen LogP contribution >= 0.6 is 0 Å². The molecule has 0 aromatic heterocycles. The molecule has 0 heterocycles. The Hall–Kier alpha value is -1.70. The van der Waals surface area contributed by atoms with E-state index in [1.165, 1.54) is 6.07 Å². The molecule has 0 saturated heterocycles. The molecule has 1 aromatic rings. The summed E-state index contributed by atoms with van der Waals surface area (Å²) in [6.07, 6.45) is 0. The zero-order valence-corrected chi connectivity index (χ0v) is 11.8. The normalized spacial score (nSPS) is 10.5. The van der Waals surface area contributed by atoms with E-state index in [0.29, 0.717) is 26.4 Å². The molecule has 7 heteroatoms. The van der Waals surface area contributed by atoms with E-state index in [-0.39, 0.29) is 18.0 Å². The Morgan fingerprint density at radius 2 is 2.00 bits per heavy atom. The second-order valence-electron chi connectivity index (χ2n) is 4.04. The van der Waals surface area contributed by atoms with Crippen molar-refractivity contribution in [3.05, 3.63) is 33.9 Å². The van der Waals surface area contributed by atoms with E-state index in [0.717, 1.165) is 5.56 Å². The Morgan fingerprint density at radius 1 is 1.25 bits per heavy atom. The van der Waals surface area contributed by atoms with Gasteiger partial charge in [-0.25, -0.2) is 0 Å². The first-order chi connectivity index (χ1) is 9.69. The maximum absolute atomic E-state index is 11.0. The van der Waals surface area contributed by atoms with Crippen LogP contribution in [-0.4, -0.2) is 45.5 Å². The van der Waals surface area contributed by atoms with Crippen LogP contribution < -0.4 is 10.1 Å². The first-order valence-corrected chi connectivity index (χ1v) is 6.30. The molecular formula is C13H20N2O5. The lowest BCUT2D eigenvalue weighted by Crippen LogP contribution is -2.11. The van der Waals surface area contributed by atoms with Crippen LogP contribution in [0, 0.1) is 10.1 Å². The van der Waals surface area contributed by atoms with Crippen LogP contribution in [0.25, 0.3) is 0 Å². The predicted molar refractivity (Wildman–Crippen MR) is 74.1 cm³/mol. The molecule has 0 aliphatic carbocycles. The van der Waals surface area contributed by atoms with Crippen LogP contribution in [0.5, 0.6) is 5.75 Å². The number of nitrogens with zero attached hydrogens (tertiary/aromatic N) is 1. The Morgan fingerprint density at radius 3 is 2.65 bits per heavy atom. The van der Waals surface area contributed by atoms with Gasteiger partial charge in [0, 0.05) is 19.7 Å². The summed E-state index contributed by atoms with van der Waals surface area (Å²) in [5, 5.41) is 14.0. The van der Waals surface area contributed by atoms with E-state index >= 15 is 0 Å². The quantitative estimate of drug-likeness (QED) is 0.397. The molecule has 0 saturated carbocycles. The van der Waals surface area contributed by atoms with E-state index < -0.39 is 4.92 Å². The van der Waals surface area contributed by atoms with Gasteiger partial charge in [0.25, 0.3) is 0 Å². The molecule has 0 radical (unpaired) electrons. The fraction of sp³-hybridized carbons (Fsp3) is 0.538. The van der Waals surface area contributed by atoms with Gasteiger partial charge in [-0.3, -0.25) is 10.1 Å². The molecule has 0 fully saturated rings. The third-order valence-corrected chi connectivity index (χ3v) is 2.52. The van der Waals surface area contributed by atoms with Crippen LogP contribution in [0.4, 0.5) is 5.69 Å². The monoisotopic (exact) mass is 284 g/mol. The molecule has 0 bridgehead atoms. The summed E-state index contributed by atoms with van der Waals surface area (Å²) < 4.78 is 15.4. The summed E-state index contributed by atoms with van der Waals surface area (Å²) in [6, 6.07) is 4.92. The number of nitro benzene ring substituents is 1. The lowest BCUT2D eigenvalue weighted by atomic mass is 10.2. The summed E-state index contributed by atoms with van der Waals surface area (Å²) in [7, 11) is 3.38. The van der Waals surface area contributed by atoms with E-state index in [2.05, 4.69) is 5.32 Å². The van der Waals surface area contributed by atoms with E-state index in [9.17, 15) is 10.1 Å². The van der Waals surface area contributed by atoms with Crippen molar-refractivity contribution in [2.24, 2.45) is 0 Å². The minimum Gasteiger partial charge on any atom is -0.484 e. The minimum absolute atomic E-state index is 0.0327. The van der Waals surface area contributed by atoms with Gasteiger partial charge in [0.2, 0.25) is 0 Å². The van der Waals surface area contributed by atoms with Crippen LogP contribution in [0.3, 0.4) is 0 Å². The molecule has 1 N–H and O–H groups in total. The summed E-state index contributed by atoms with van der Waals surface area (Å²) in [5.41, 5.74) is 0.803. The summed E-state index contributed by atoms with van der Waals surface area (Å²) in [6.45, 7) is 2.18. The molecule has 0 amide bonds. The van der Waals surface area contributed by atoms with E-state index in [1.807, 2.05) is 0 Å². The topological polar surface area (TPSA) is 82.9 Å². The molecule has 0 spiro atoms. The number of rotatable bonds is 10. The average molecular weight is 284 g/mol. The largest absolute Gasteiger partial charge is 0.484 e. The van der Waals surface area contributed by atoms with Crippen LogP contribution in [0.1, 0.15) is 5.56 Å². The minimum atomic E-state index is -0.444. The van der Waals surface area contributed by atoms with E-state index in [4.69, 9.17) is 14.2 Å². The lowest BCUT2D eigenvalue weighted by Gasteiger charge is -2.08. The Labute approximate surface area is 118 Å². The predicted octanol–water partition coefficient (Wildman–Crippen LogP) is 1.36. The van der Waals surface area contributed by atoms with Crippen LogP contribution in [0.2, 0.25) is 0 Å².